The molecule has 2 aromatic carbocycles. The van der Waals surface area contributed by atoms with Crippen molar-refractivity contribution in [1.82, 2.24) is 9.55 Å². The number of hydrogen-bond acceptors (Lipinski definition) is 5. The molecule has 0 atom stereocenters. The molecule has 0 unspecified atom stereocenters. The quantitative estimate of drug-likeness (QED) is 0.480. The van der Waals surface area contributed by atoms with Crippen LogP contribution in [0.1, 0.15) is 5.56 Å². The second-order valence-corrected chi connectivity index (χ2v) is 7.79. The van der Waals surface area contributed by atoms with E-state index in [-0.39, 0.29) is 5.56 Å². The number of aromatic nitrogens is 2. The number of morpholine rings is 1. The molecule has 0 spiro atoms. The maximum atomic E-state index is 13.5. The molecule has 1 aliphatic rings. The maximum Gasteiger partial charge on any atom is 0.263 e. The van der Waals surface area contributed by atoms with Crippen LogP contribution in [-0.2, 0) is 4.74 Å². The summed E-state index contributed by atoms with van der Waals surface area (Å²) in [6, 6.07) is 26.6. The van der Waals surface area contributed by atoms with Crippen molar-refractivity contribution in [3.05, 3.63) is 101 Å². The fourth-order valence-electron chi connectivity index (χ4n) is 4.06. The van der Waals surface area contributed by atoms with Gasteiger partial charge in [-0.25, -0.2) is 4.98 Å². The maximum absolute atomic E-state index is 13.5. The Morgan fingerprint density at radius 3 is 2.42 bits per heavy atom. The van der Waals surface area contributed by atoms with E-state index in [9.17, 15) is 10.1 Å². The lowest BCUT2D eigenvalue weighted by Crippen LogP contribution is -2.36. The molecule has 1 fully saturated rings. The number of hydrogen-bond donors (Lipinski definition) is 0. The summed E-state index contributed by atoms with van der Waals surface area (Å²) in [6.45, 7) is 2.95. The Morgan fingerprint density at radius 1 is 0.879 bits per heavy atom. The summed E-state index contributed by atoms with van der Waals surface area (Å²) in [5.41, 5.74) is 3.67. The lowest BCUT2D eigenvalue weighted by Gasteiger charge is -2.28. The summed E-state index contributed by atoms with van der Waals surface area (Å²) in [5.74, 6) is 0.882. The highest BCUT2D eigenvalue weighted by Gasteiger charge is 2.17. The van der Waals surface area contributed by atoms with Gasteiger partial charge >= 0.3 is 0 Å². The second kappa shape index (κ2) is 9.11. The van der Waals surface area contributed by atoms with Crippen LogP contribution in [0.3, 0.4) is 0 Å². The number of ether oxygens (including phenoxy) is 1. The molecule has 4 aromatic rings. The molecule has 0 aliphatic carbocycles. The molecule has 0 amide bonds. The van der Waals surface area contributed by atoms with Gasteiger partial charge in [0.1, 0.15) is 5.82 Å². The van der Waals surface area contributed by atoms with Crippen LogP contribution in [0.25, 0.3) is 28.1 Å². The summed E-state index contributed by atoms with van der Waals surface area (Å²) in [7, 11) is 0. The predicted octanol–water partition coefficient (Wildman–Crippen LogP) is 4.27. The van der Waals surface area contributed by atoms with E-state index < -0.39 is 0 Å². The number of pyridine rings is 2. The number of anilines is 1. The molecule has 0 bridgehead atoms. The van der Waals surface area contributed by atoms with E-state index in [1.165, 1.54) is 0 Å². The Balaban J connectivity index is 1.70. The zero-order chi connectivity index (χ0) is 22.6. The minimum Gasteiger partial charge on any atom is -0.378 e. The highest BCUT2D eigenvalue weighted by atomic mass is 16.5. The number of rotatable bonds is 4. The average Bonchev–Trinajstić information content (AvgIpc) is 2.90. The first kappa shape index (κ1) is 20.7. The first-order chi connectivity index (χ1) is 16.2. The monoisotopic (exact) mass is 434 g/mol. The van der Waals surface area contributed by atoms with Crippen LogP contribution >= 0.6 is 0 Å². The topological polar surface area (TPSA) is 71.2 Å². The molecule has 0 radical (unpaired) electrons. The van der Waals surface area contributed by atoms with Crippen molar-refractivity contribution >= 4 is 5.82 Å². The lowest BCUT2D eigenvalue weighted by molar-refractivity contribution is 0.122. The molecule has 1 aliphatic heterocycles. The Kier molecular flexibility index (Phi) is 5.71. The van der Waals surface area contributed by atoms with E-state index in [2.05, 4.69) is 11.0 Å². The van der Waals surface area contributed by atoms with Crippen molar-refractivity contribution in [2.75, 3.05) is 31.2 Å². The van der Waals surface area contributed by atoms with Crippen LogP contribution in [0.5, 0.6) is 0 Å². The largest absolute Gasteiger partial charge is 0.378 e. The van der Waals surface area contributed by atoms with Crippen LogP contribution in [0.4, 0.5) is 5.82 Å². The highest BCUT2D eigenvalue weighted by Crippen LogP contribution is 2.27. The molecular weight excluding hydrogens is 412 g/mol. The molecule has 6 nitrogen and oxygen atoms in total. The molecule has 3 heterocycles. The van der Waals surface area contributed by atoms with Crippen LogP contribution in [-0.4, -0.2) is 35.9 Å². The Hall–Kier alpha value is -4.21. The minimum atomic E-state index is -0.183. The standard InChI is InChI=1S/C27H22N4O2/c28-18-20-7-4-5-10-23(20)24-17-21(19-31(27(24)32)22-8-2-1-3-9-22)25-11-6-12-26(29-25)30-13-15-33-16-14-30/h1-12,17,19H,13-16H2. The van der Waals surface area contributed by atoms with Crippen molar-refractivity contribution in [2.45, 2.75) is 0 Å². The predicted molar refractivity (Wildman–Crippen MR) is 128 cm³/mol. The van der Waals surface area contributed by atoms with Gasteiger partial charge in [0.15, 0.2) is 0 Å². The van der Waals surface area contributed by atoms with Gasteiger partial charge < -0.3 is 9.64 Å². The number of para-hydroxylation sites is 1. The highest BCUT2D eigenvalue weighted by molar-refractivity contribution is 5.75. The molecule has 6 heteroatoms. The van der Waals surface area contributed by atoms with E-state index in [1.54, 1.807) is 16.7 Å². The van der Waals surface area contributed by atoms with Gasteiger partial charge in [0.2, 0.25) is 0 Å². The molecule has 162 valence electrons. The van der Waals surface area contributed by atoms with Gasteiger partial charge in [-0.15, -0.1) is 0 Å². The van der Waals surface area contributed by atoms with Crippen molar-refractivity contribution in [2.24, 2.45) is 0 Å². The van der Waals surface area contributed by atoms with Gasteiger partial charge in [-0.1, -0.05) is 42.5 Å². The van der Waals surface area contributed by atoms with Gasteiger partial charge in [0.25, 0.3) is 5.56 Å². The molecule has 5 rings (SSSR count). The van der Waals surface area contributed by atoms with E-state index in [1.807, 2.05) is 72.9 Å². The minimum absolute atomic E-state index is 0.183. The Bertz CT molecular complexity index is 1380. The zero-order valence-electron chi connectivity index (χ0n) is 18.0. The molecular formula is C27H22N4O2. The van der Waals surface area contributed by atoms with Gasteiger partial charge in [0.05, 0.1) is 30.5 Å². The first-order valence-electron chi connectivity index (χ1n) is 10.9. The smallest absolute Gasteiger partial charge is 0.263 e. The summed E-state index contributed by atoms with van der Waals surface area (Å²) >= 11 is 0. The summed E-state index contributed by atoms with van der Waals surface area (Å²) in [5, 5.41) is 9.64. The normalized spacial score (nSPS) is 13.5. The summed E-state index contributed by atoms with van der Waals surface area (Å²) in [4.78, 5) is 20.6. The fourth-order valence-corrected chi connectivity index (χ4v) is 4.06. The average molecular weight is 434 g/mol. The Labute approximate surface area is 191 Å². The third kappa shape index (κ3) is 4.14. The van der Waals surface area contributed by atoms with Gasteiger partial charge in [-0.05, 0) is 36.4 Å². The Morgan fingerprint density at radius 2 is 1.64 bits per heavy atom. The third-order valence-electron chi connectivity index (χ3n) is 5.75. The van der Waals surface area contributed by atoms with Crippen molar-refractivity contribution in [3.63, 3.8) is 0 Å². The van der Waals surface area contributed by atoms with Crippen LogP contribution < -0.4 is 10.5 Å². The van der Waals surface area contributed by atoms with E-state index in [0.717, 1.165) is 35.9 Å². The molecule has 0 N–H and O–H groups in total. The van der Waals surface area contributed by atoms with Gasteiger partial charge in [0, 0.05) is 41.7 Å². The van der Waals surface area contributed by atoms with E-state index in [0.29, 0.717) is 29.9 Å². The first-order valence-corrected chi connectivity index (χ1v) is 10.9. The fraction of sp³-hybridized carbons (Fsp3) is 0.148. The van der Waals surface area contributed by atoms with Crippen LogP contribution in [0.2, 0.25) is 0 Å². The van der Waals surface area contributed by atoms with Gasteiger partial charge in [-0.2, -0.15) is 5.26 Å². The van der Waals surface area contributed by atoms with Gasteiger partial charge in [-0.3, -0.25) is 9.36 Å². The van der Waals surface area contributed by atoms with Crippen LogP contribution in [0.15, 0.2) is 89.9 Å². The number of nitriles is 1. The SMILES string of the molecule is N#Cc1ccccc1-c1cc(-c2cccc(N3CCOCC3)n2)cn(-c2ccccc2)c1=O. The summed E-state index contributed by atoms with van der Waals surface area (Å²) in [6.07, 6.45) is 1.82. The summed E-state index contributed by atoms with van der Waals surface area (Å²) < 4.78 is 7.09. The van der Waals surface area contributed by atoms with Crippen molar-refractivity contribution < 1.29 is 4.74 Å². The zero-order valence-corrected chi connectivity index (χ0v) is 18.0. The second-order valence-electron chi connectivity index (χ2n) is 7.79. The molecule has 1 saturated heterocycles. The van der Waals surface area contributed by atoms with Crippen LogP contribution in [0, 0.1) is 11.3 Å². The van der Waals surface area contributed by atoms with Crippen molar-refractivity contribution in [1.29, 1.82) is 5.26 Å². The number of nitrogens with zero attached hydrogens (tertiary/aromatic N) is 4. The third-order valence-corrected chi connectivity index (χ3v) is 5.75. The number of benzene rings is 2. The lowest BCUT2D eigenvalue weighted by atomic mass is 9.99. The van der Waals surface area contributed by atoms with E-state index >= 15 is 0 Å². The molecule has 0 saturated carbocycles. The molecule has 33 heavy (non-hydrogen) atoms. The van der Waals surface area contributed by atoms with E-state index in [4.69, 9.17) is 9.72 Å². The van der Waals surface area contributed by atoms with Crippen molar-refractivity contribution in [3.8, 4) is 34.1 Å². The molecule has 2 aromatic heterocycles.